The minimum Gasteiger partial charge on any atom is -0.317 e. The predicted octanol–water partition coefficient (Wildman–Crippen LogP) is 2.71. The molecule has 0 aromatic heterocycles. The molecule has 1 aromatic rings. The molecule has 1 saturated heterocycles. The number of ketones is 1. The third-order valence-corrected chi connectivity index (χ3v) is 4.57. The monoisotopic (exact) mass is 247 g/mol. The molecule has 2 aliphatic rings. The van der Waals surface area contributed by atoms with E-state index in [0.717, 1.165) is 37.9 Å². The van der Waals surface area contributed by atoms with E-state index in [2.05, 4.69) is 5.32 Å². The average molecular weight is 247 g/mol. The smallest absolute Gasteiger partial charge is 0.166 e. The molecule has 1 saturated carbocycles. The lowest BCUT2D eigenvalue weighted by Gasteiger charge is -2.23. The minimum atomic E-state index is -0.316. The van der Waals surface area contributed by atoms with Gasteiger partial charge < -0.3 is 5.32 Å². The maximum absolute atomic E-state index is 13.3. The van der Waals surface area contributed by atoms with Gasteiger partial charge in [0.2, 0.25) is 0 Å². The first-order valence-corrected chi connectivity index (χ1v) is 6.63. The molecule has 2 fully saturated rings. The highest BCUT2D eigenvalue weighted by molar-refractivity contribution is 6.01. The molecule has 1 spiro atoms. The van der Waals surface area contributed by atoms with Gasteiger partial charge in [-0.1, -0.05) is 6.07 Å². The van der Waals surface area contributed by atoms with E-state index in [1.165, 1.54) is 12.1 Å². The molecular formula is C15H18FNO. The van der Waals surface area contributed by atoms with Crippen molar-refractivity contribution in [1.29, 1.82) is 0 Å². The molecule has 1 unspecified atom stereocenters. The van der Waals surface area contributed by atoms with Crippen molar-refractivity contribution in [2.45, 2.75) is 26.2 Å². The van der Waals surface area contributed by atoms with Gasteiger partial charge >= 0.3 is 0 Å². The van der Waals surface area contributed by atoms with Gasteiger partial charge in [-0.25, -0.2) is 4.39 Å². The van der Waals surface area contributed by atoms with Gasteiger partial charge in [-0.05, 0) is 62.4 Å². The maximum atomic E-state index is 13.3. The lowest BCUT2D eigenvalue weighted by atomic mass is 9.88. The summed E-state index contributed by atoms with van der Waals surface area (Å²) in [4.78, 5) is 12.5. The van der Waals surface area contributed by atoms with Gasteiger partial charge in [-0.2, -0.15) is 0 Å². The van der Waals surface area contributed by atoms with Crippen LogP contribution in [0.5, 0.6) is 0 Å². The molecule has 96 valence electrons. The zero-order valence-electron chi connectivity index (χ0n) is 10.6. The molecule has 1 aromatic carbocycles. The van der Waals surface area contributed by atoms with Crippen LogP contribution in [-0.4, -0.2) is 18.9 Å². The first-order valence-electron chi connectivity index (χ1n) is 6.63. The second-order valence-electron chi connectivity index (χ2n) is 5.69. The molecule has 3 heteroatoms. The number of benzene rings is 1. The van der Waals surface area contributed by atoms with E-state index in [0.29, 0.717) is 5.56 Å². The number of piperidine rings is 1. The van der Waals surface area contributed by atoms with Crippen LogP contribution in [0.4, 0.5) is 4.39 Å². The van der Waals surface area contributed by atoms with Gasteiger partial charge in [-0.3, -0.25) is 4.79 Å². The molecule has 2 nitrogen and oxygen atoms in total. The highest BCUT2D eigenvalue weighted by Crippen LogP contribution is 2.59. The van der Waals surface area contributed by atoms with Crippen LogP contribution in [-0.2, 0) is 0 Å². The largest absolute Gasteiger partial charge is 0.317 e. The highest BCUT2D eigenvalue weighted by atomic mass is 19.1. The van der Waals surface area contributed by atoms with Crippen LogP contribution >= 0.6 is 0 Å². The van der Waals surface area contributed by atoms with E-state index >= 15 is 0 Å². The number of aryl methyl sites for hydroxylation is 1. The van der Waals surface area contributed by atoms with E-state index in [1.54, 1.807) is 6.07 Å². The third-order valence-electron chi connectivity index (χ3n) is 4.57. The van der Waals surface area contributed by atoms with Crippen molar-refractivity contribution in [2.24, 2.45) is 11.3 Å². The molecule has 3 rings (SSSR count). The van der Waals surface area contributed by atoms with Crippen LogP contribution in [0.15, 0.2) is 18.2 Å². The predicted molar refractivity (Wildman–Crippen MR) is 68.1 cm³/mol. The molecule has 1 heterocycles. The summed E-state index contributed by atoms with van der Waals surface area (Å²) in [5, 5.41) is 3.33. The number of rotatable bonds is 2. The molecule has 1 aliphatic carbocycles. The minimum absolute atomic E-state index is 0.125. The van der Waals surface area contributed by atoms with Crippen molar-refractivity contribution in [1.82, 2.24) is 5.32 Å². The van der Waals surface area contributed by atoms with Crippen molar-refractivity contribution >= 4 is 5.78 Å². The van der Waals surface area contributed by atoms with Crippen molar-refractivity contribution in [2.75, 3.05) is 13.1 Å². The normalized spacial score (nSPS) is 25.1. The fraction of sp³-hybridized carbons (Fsp3) is 0.533. The molecule has 0 radical (unpaired) electrons. The van der Waals surface area contributed by atoms with Crippen LogP contribution in [0, 0.1) is 24.1 Å². The Kier molecular flexibility index (Phi) is 2.74. The Morgan fingerprint density at radius 1 is 1.39 bits per heavy atom. The van der Waals surface area contributed by atoms with Crippen LogP contribution < -0.4 is 5.32 Å². The molecule has 1 N–H and O–H groups in total. The Labute approximate surface area is 107 Å². The second-order valence-corrected chi connectivity index (χ2v) is 5.69. The number of carbonyl (C=O) groups is 1. The molecular weight excluding hydrogens is 229 g/mol. The topological polar surface area (TPSA) is 29.1 Å². The Balaban J connectivity index is 1.82. The Hall–Kier alpha value is -1.22. The van der Waals surface area contributed by atoms with Crippen molar-refractivity contribution in [3.05, 3.63) is 35.1 Å². The van der Waals surface area contributed by atoms with Crippen LogP contribution in [0.2, 0.25) is 0 Å². The Bertz CT molecular complexity index is 491. The molecule has 0 amide bonds. The number of nitrogens with one attached hydrogen (secondary N) is 1. The van der Waals surface area contributed by atoms with Gasteiger partial charge in [0.25, 0.3) is 0 Å². The zero-order chi connectivity index (χ0) is 12.8. The molecule has 1 atom stereocenters. The number of Topliss-reactive ketones (excluding diaryl/α,β-unsaturated/α-hetero) is 1. The molecule has 1 aliphatic heterocycles. The summed E-state index contributed by atoms with van der Waals surface area (Å²) in [6.07, 6.45) is 3.15. The lowest BCUT2D eigenvalue weighted by Crippen LogP contribution is -2.30. The summed E-state index contributed by atoms with van der Waals surface area (Å²) in [7, 11) is 0. The maximum Gasteiger partial charge on any atom is 0.166 e. The van der Waals surface area contributed by atoms with E-state index < -0.39 is 0 Å². The summed E-state index contributed by atoms with van der Waals surface area (Å²) < 4.78 is 13.3. The average Bonchev–Trinajstić information content (AvgIpc) is 3.06. The quantitative estimate of drug-likeness (QED) is 0.814. The fourth-order valence-corrected chi connectivity index (χ4v) is 3.24. The van der Waals surface area contributed by atoms with Crippen molar-refractivity contribution in [3.8, 4) is 0 Å². The lowest BCUT2D eigenvalue weighted by molar-refractivity contribution is 0.0939. The zero-order valence-corrected chi connectivity index (χ0v) is 10.6. The van der Waals surface area contributed by atoms with E-state index in [4.69, 9.17) is 0 Å². The Morgan fingerprint density at radius 3 is 2.83 bits per heavy atom. The fourth-order valence-electron chi connectivity index (χ4n) is 3.24. The van der Waals surface area contributed by atoms with Gasteiger partial charge in [0.1, 0.15) is 5.82 Å². The standard InChI is InChI=1S/C15H18FNO/c1-10-2-3-11(16)8-12(10)14(18)13-9-15(13)4-6-17-7-5-15/h2-3,8,13,17H,4-7,9H2,1H3. The first-order chi connectivity index (χ1) is 8.62. The number of hydrogen-bond acceptors (Lipinski definition) is 2. The highest BCUT2D eigenvalue weighted by Gasteiger charge is 2.57. The summed E-state index contributed by atoms with van der Waals surface area (Å²) in [6, 6.07) is 4.50. The summed E-state index contributed by atoms with van der Waals surface area (Å²) >= 11 is 0. The van der Waals surface area contributed by atoms with Gasteiger partial charge in [0.05, 0.1) is 0 Å². The first kappa shape index (κ1) is 11.8. The van der Waals surface area contributed by atoms with Crippen molar-refractivity contribution < 1.29 is 9.18 Å². The number of hydrogen-bond donors (Lipinski definition) is 1. The summed E-state index contributed by atoms with van der Waals surface area (Å²) in [5.74, 6) is -0.0436. The molecule has 18 heavy (non-hydrogen) atoms. The summed E-state index contributed by atoms with van der Waals surface area (Å²) in [6.45, 7) is 3.89. The van der Waals surface area contributed by atoms with Gasteiger partial charge in [0.15, 0.2) is 5.78 Å². The SMILES string of the molecule is Cc1ccc(F)cc1C(=O)C1CC12CCNCC2. The van der Waals surface area contributed by atoms with Gasteiger partial charge in [0, 0.05) is 11.5 Å². The van der Waals surface area contributed by atoms with Gasteiger partial charge in [-0.15, -0.1) is 0 Å². The van der Waals surface area contributed by atoms with Crippen LogP contribution in [0.1, 0.15) is 35.2 Å². The Morgan fingerprint density at radius 2 is 2.11 bits per heavy atom. The van der Waals surface area contributed by atoms with E-state index in [9.17, 15) is 9.18 Å². The third kappa shape index (κ3) is 1.87. The van der Waals surface area contributed by atoms with E-state index in [1.807, 2.05) is 6.92 Å². The van der Waals surface area contributed by atoms with Crippen LogP contribution in [0.25, 0.3) is 0 Å². The van der Waals surface area contributed by atoms with Crippen molar-refractivity contribution in [3.63, 3.8) is 0 Å². The molecule has 0 bridgehead atoms. The summed E-state index contributed by atoms with van der Waals surface area (Å²) in [5.41, 5.74) is 1.69. The second kappa shape index (κ2) is 4.16. The number of carbonyl (C=O) groups excluding carboxylic acids is 1. The number of halogens is 1. The van der Waals surface area contributed by atoms with E-state index in [-0.39, 0.29) is 22.9 Å². The van der Waals surface area contributed by atoms with Crippen LogP contribution in [0.3, 0.4) is 0 Å².